The molecule has 0 bridgehead atoms. The molecule has 1 aromatic heterocycles. The Morgan fingerprint density at radius 2 is 1.71 bits per heavy atom. The SMILES string of the molecule is CCCNc1cc(NC(C)CC(C)CC)nc(C(C)C)n1. The summed E-state index contributed by atoms with van der Waals surface area (Å²) in [4.78, 5) is 9.24. The van der Waals surface area contributed by atoms with E-state index in [1.165, 1.54) is 6.42 Å². The summed E-state index contributed by atoms with van der Waals surface area (Å²) < 4.78 is 0. The monoisotopic (exact) mass is 292 g/mol. The van der Waals surface area contributed by atoms with Gasteiger partial charge in [0.25, 0.3) is 0 Å². The fourth-order valence-corrected chi connectivity index (χ4v) is 2.22. The zero-order chi connectivity index (χ0) is 15.8. The molecule has 1 rings (SSSR count). The Morgan fingerprint density at radius 1 is 1.05 bits per heavy atom. The Labute approximate surface area is 130 Å². The summed E-state index contributed by atoms with van der Waals surface area (Å²) in [5.41, 5.74) is 0. The minimum absolute atomic E-state index is 0.332. The van der Waals surface area contributed by atoms with E-state index in [-0.39, 0.29) is 0 Å². The number of nitrogens with one attached hydrogen (secondary N) is 2. The molecule has 1 aromatic rings. The van der Waals surface area contributed by atoms with Gasteiger partial charge in [0, 0.05) is 24.6 Å². The van der Waals surface area contributed by atoms with Crippen LogP contribution in [0.5, 0.6) is 0 Å². The summed E-state index contributed by atoms with van der Waals surface area (Å²) in [5, 5.41) is 6.89. The van der Waals surface area contributed by atoms with Crippen molar-refractivity contribution in [1.29, 1.82) is 0 Å². The van der Waals surface area contributed by atoms with Crippen LogP contribution in [0.3, 0.4) is 0 Å². The lowest BCUT2D eigenvalue weighted by molar-refractivity contribution is 0.483. The molecule has 2 atom stereocenters. The van der Waals surface area contributed by atoms with Crippen LogP contribution in [0.15, 0.2) is 6.07 Å². The van der Waals surface area contributed by atoms with E-state index in [1.54, 1.807) is 0 Å². The maximum Gasteiger partial charge on any atom is 0.135 e. The fraction of sp³-hybridized carbons (Fsp3) is 0.765. The molecule has 0 saturated heterocycles. The molecule has 0 aliphatic carbocycles. The Hall–Kier alpha value is -1.32. The van der Waals surface area contributed by atoms with E-state index in [4.69, 9.17) is 0 Å². The van der Waals surface area contributed by atoms with Crippen molar-refractivity contribution in [3.05, 3.63) is 11.9 Å². The lowest BCUT2D eigenvalue weighted by atomic mass is 10.0. The summed E-state index contributed by atoms with van der Waals surface area (Å²) in [5.74, 6) is 3.82. The Kier molecular flexibility index (Phi) is 7.48. The van der Waals surface area contributed by atoms with Crippen LogP contribution >= 0.6 is 0 Å². The highest BCUT2D eigenvalue weighted by molar-refractivity contribution is 5.48. The molecule has 4 heteroatoms. The average Bonchev–Trinajstić information content (AvgIpc) is 2.44. The van der Waals surface area contributed by atoms with E-state index in [0.717, 1.165) is 42.8 Å². The van der Waals surface area contributed by atoms with Crippen molar-refractivity contribution in [3.8, 4) is 0 Å². The van der Waals surface area contributed by atoms with Gasteiger partial charge < -0.3 is 10.6 Å². The number of nitrogens with zero attached hydrogens (tertiary/aromatic N) is 2. The van der Waals surface area contributed by atoms with Crippen LogP contribution in [0.2, 0.25) is 0 Å². The van der Waals surface area contributed by atoms with Crippen LogP contribution in [0.4, 0.5) is 11.6 Å². The van der Waals surface area contributed by atoms with Gasteiger partial charge in [-0.15, -0.1) is 0 Å². The van der Waals surface area contributed by atoms with Gasteiger partial charge in [-0.2, -0.15) is 0 Å². The first-order valence-corrected chi connectivity index (χ1v) is 8.35. The zero-order valence-electron chi connectivity index (χ0n) is 14.5. The molecule has 2 N–H and O–H groups in total. The highest BCUT2D eigenvalue weighted by atomic mass is 15.1. The Balaban J connectivity index is 2.81. The molecule has 4 nitrogen and oxygen atoms in total. The first-order chi connectivity index (χ1) is 9.96. The first-order valence-electron chi connectivity index (χ1n) is 8.35. The molecule has 2 unspecified atom stereocenters. The third-order valence-electron chi connectivity index (χ3n) is 3.66. The lowest BCUT2D eigenvalue weighted by Gasteiger charge is -2.19. The van der Waals surface area contributed by atoms with E-state index in [9.17, 15) is 0 Å². The van der Waals surface area contributed by atoms with E-state index >= 15 is 0 Å². The number of rotatable bonds is 9. The van der Waals surface area contributed by atoms with Crippen LogP contribution in [-0.2, 0) is 0 Å². The molecule has 0 aromatic carbocycles. The number of hydrogen-bond acceptors (Lipinski definition) is 4. The van der Waals surface area contributed by atoms with E-state index in [2.05, 4.69) is 62.1 Å². The maximum atomic E-state index is 4.65. The van der Waals surface area contributed by atoms with E-state index < -0.39 is 0 Å². The second-order valence-electron chi connectivity index (χ2n) is 6.37. The molecule has 0 aliphatic rings. The molecule has 120 valence electrons. The molecule has 0 aliphatic heterocycles. The smallest absolute Gasteiger partial charge is 0.135 e. The van der Waals surface area contributed by atoms with Gasteiger partial charge in [0.2, 0.25) is 0 Å². The molecule has 1 heterocycles. The molecule has 0 spiro atoms. The largest absolute Gasteiger partial charge is 0.370 e. The van der Waals surface area contributed by atoms with Gasteiger partial charge in [-0.3, -0.25) is 0 Å². The highest BCUT2D eigenvalue weighted by Gasteiger charge is 2.11. The van der Waals surface area contributed by atoms with E-state index in [0.29, 0.717) is 12.0 Å². The Bertz CT molecular complexity index is 417. The lowest BCUT2D eigenvalue weighted by Crippen LogP contribution is -2.20. The van der Waals surface area contributed by atoms with Crippen molar-refractivity contribution in [2.45, 2.75) is 72.8 Å². The number of hydrogen-bond donors (Lipinski definition) is 2. The first kappa shape index (κ1) is 17.7. The van der Waals surface area contributed by atoms with Crippen molar-refractivity contribution in [1.82, 2.24) is 9.97 Å². The summed E-state index contributed by atoms with van der Waals surface area (Å²) in [6, 6.07) is 2.45. The second-order valence-corrected chi connectivity index (χ2v) is 6.37. The molecule has 0 fully saturated rings. The standard InChI is InChI=1S/C17H32N4/c1-7-9-18-15-11-16(21-17(20-15)12(3)4)19-14(6)10-13(5)8-2/h11-14H,7-10H2,1-6H3,(H2,18,19,20,21). The van der Waals surface area contributed by atoms with Gasteiger partial charge >= 0.3 is 0 Å². The van der Waals surface area contributed by atoms with Crippen molar-refractivity contribution < 1.29 is 0 Å². The zero-order valence-corrected chi connectivity index (χ0v) is 14.5. The van der Waals surface area contributed by atoms with Gasteiger partial charge in [0.15, 0.2) is 0 Å². The third-order valence-corrected chi connectivity index (χ3v) is 3.66. The summed E-state index contributed by atoms with van der Waals surface area (Å²) >= 11 is 0. The number of aromatic nitrogens is 2. The summed E-state index contributed by atoms with van der Waals surface area (Å²) in [6.45, 7) is 14.1. The predicted octanol–water partition coefficient (Wildman–Crippen LogP) is 4.66. The van der Waals surface area contributed by atoms with Crippen LogP contribution in [0, 0.1) is 5.92 Å². The van der Waals surface area contributed by atoms with Crippen LogP contribution in [-0.4, -0.2) is 22.6 Å². The van der Waals surface area contributed by atoms with Gasteiger partial charge in [-0.1, -0.05) is 41.0 Å². The van der Waals surface area contributed by atoms with Crippen molar-refractivity contribution >= 4 is 11.6 Å². The van der Waals surface area contributed by atoms with Crippen molar-refractivity contribution in [3.63, 3.8) is 0 Å². The normalized spacial score (nSPS) is 14.0. The highest BCUT2D eigenvalue weighted by Crippen LogP contribution is 2.19. The molecular weight excluding hydrogens is 260 g/mol. The van der Waals surface area contributed by atoms with Gasteiger partial charge in [-0.25, -0.2) is 9.97 Å². The maximum absolute atomic E-state index is 4.65. The summed E-state index contributed by atoms with van der Waals surface area (Å²) in [6.07, 6.45) is 3.47. The Morgan fingerprint density at radius 3 is 2.29 bits per heavy atom. The molecule has 0 amide bonds. The number of anilines is 2. The third kappa shape index (κ3) is 6.32. The minimum Gasteiger partial charge on any atom is -0.370 e. The quantitative estimate of drug-likeness (QED) is 0.695. The van der Waals surface area contributed by atoms with Crippen molar-refractivity contribution in [2.75, 3.05) is 17.2 Å². The van der Waals surface area contributed by atoms with Crippen LogP contribution in [0.25, 0.3) is 0 Å². The van der Waals surface area contributed by atoms with Crippen molar-refractivity contribution in [2.24, 2.45) is 5.92 Å². The molecule has 0 radical (unpaired) electrons. The molecule has 21 heavy (non-hydrogen) atoms. The van der Waals surface area contributed by atoms with E-state index in [1.807, 2.05) is 6.07 Å². The van der Waals surface area contributed by atoms with Crippen LogP contribution in [0.1, 0.15) is 72.5 Å². The fourth-order valence-electron chi connectivity index (χ4n) is 2.22. The van der Waals surface area contributed by atoms with Crippen LogP contribution < -0.4 is 10.6 Å². The molecule has 0 saturated carbocycles. The summed E-state index contributed by atoms with van der Waals surface area (Å²) in [7, 11) is 0. The topological polar surface area (TPSA) is 49.8 Å². The second kappa shape index (κ2) is 8.85. The molecular formula is C17H32N4. The van der Waals surface area contributed by atoms with Gasteiger partial charge in [0.1, 0.15) is 17.5 Å². The minimum atomic E-state index is 0.332. The average molecular weight is 292 g/mol. The van der Waals surface area contributed by atoms with Gasteiger partial charge in [-0.05, 0) is 25.7 Å². The van der Waals surface area contributed by atoms with Gasteiger partial charge in [0.05, 0.1) is 0 Å². The predicted molar refractivity (Wildman–Crippen MR) is 92.1 cm³/mol.